The highest BCUT2D eigenvalue weighted by molar-refractivity contribution is 7.89. The standard InChI is InChI=1S/C10H19NO6S/c1-10(17-6-9(12)13)7-11(8-10)18(14,15)5-3-4-16-2/h3-8H2,1-2H3,(H,12,13). The Bertz CT molecular complexity index is 387. The highest BCUT2D eigenvalue weighted by atomic mass is 32.2. The number of hydrogen-bond acceptors (Lipinski definition) is 5. The molecule has 0 aromatic heterocycles. The molecule has 106 valence electrons. The number of nitrogens with zero attached hydrogens (tertiary/aromatic N) is 1. The fourth-order valence-corrected chi connectivity index (χ4v) is 3.42. The van der Waals surface area contributed by atoms with E-state index in [1.165, 1.54) is 11.4 Å². The largest absolute Gasteiger partial charge is 0.480 e. The zero-order valence-corrected chi connectivity index (χ0v) is 11.4. The van der Waals surface area contributed by atoms with Crippen LogP contribution in [0.1, 0.15) is 13.3 Å². The van der Waals surface area contributed by atoms with E-state index >= 15 is 0 Å². The van der Waals surface area contributed by atoms with Gasteiger partial charge in [0.25, 0.3) is 0 Å². The van der Waals surface area contributed by atoms with Crippen molar-refractivity contribution in [3.63, 3.8) is 0 Å². The average molecular weight is 281 g/mol. The first kappa shape index (κ1) is 15.4. The van der Waals surface area contributed by atoms with Gasteiger partial charge in [0.15, 0.2) is 0 Å². The highest BCUT2D eigenvalue weighted by Gasteiger charge is 2.45. The van der Waals surface area contributed by atoms with Crippen LogP contribution < -0.4 is 0 Å². The van der Waals surface area contributed by atoms with E-state index in [0.717, 1.165) is 0 Å². The minimum absolute atomic E-state index is 0.0376. The fraction of sp³-hybridized carbons (Fsp3) is 0.900. The normalized spacial score (nSPS) is 19.4. The maximum Gasteiger partial charge on any atom is 0.329 e. The van der Waals surface area contributed by atoms with E-state index in [2.05, 4.69) is 0 Å². The number of aliphatic carboxylic acids is 1. The Morgan fingerprint density at radius 2 is 2.06 bits per heavy atom. The van der Waals surface area contributed by atoms with E-state index < -0.39 is 28.2 Å². The Balaban J connectivity index is 2.38. The lowest BCUT2D eigenvalue weighted by Gasteiger charge is -2.46. The van der Waals surface area contributed by atoms with Crippen LogP contribution in [0.2, 0.25) is 0 Å². The average Bonchev–Trinajstić information content (AvgIpc) is 2.22. The summed E-state index contributed by atoms with van der Waals surface area (Å²) in [4.78, 5) is 10.4. The van der Waals surface area contributed by atoms with Gasteiger partial charge in [0, 0.05) is 26.8 Å². The van der Waals surface area contributed by atoms with Gasteiger partial charge in [-0.05, 0) is 13.3 Å². The Kier molecular flexibility index (Phi) is 5.09. The molecule has 0 radical (unpaired) electrons. The molecule has 7 nitrogen and oxygen atoms in total. The molecular weight excluding hydrogens is 262 g/mol. The summed E-state index contributed by atoms with van der Waals surface area (Å²) < 4.78 is 34.9. The SMILES string of the molecule is COCCCS(=O)(=O)N1CC(C)(OCC(=O)O)C1. The first-order valence-electron chi connectivity index (χ1n) is 5.62. The van der Waals surface area contributed by atoms with Gasteiger partial charge >= 0.3 is 5.97 Å². The van der Waals surface area contributed by atoms with E-state index in [-0.39, 0.29) is 18.8 Å². The van der Waals surface area contributed by atoms with Crippen molar-refractivity contribution < 1.29 is 27.8 Å². The number of methoxy groups -OCH3 is 1. The van der Waals surface area contributed by atoms with Gasteiger partial charge < -0.3 is 14.6 Å². The van der Waals surface area contributed by atoms with Crippen molar-refractivity contribution in [1.82, 2.24) is 4.31 Å². The van der Waals surface area contributed by atoms with Crippen LogP contribution in [0.5, 0.6) is 0 Å². The van der Waals surface area contributed by atoms with Gasteiger partial charge in [-0.25, -0.2) is 13.2 Å². The summed E-state index contributed by atoms with van der Waals surface area (Å²) in [5.74, 6) is -1.02. The maximum absolute atomic E-state index is 11.8. The summed E-state index contributed by atoms with van der Waals surface area (Å²) in [5, 5.41) is 8.49. The molecule has 0 amide bonds. The summed E-state index contributed by atoms with van der Waals surface area (Å²) in [7, 11) is -1.76. The first-order chi connectivity index (χ1) is 8.29. The second-order valence-electron chi connectivity index (χ2n) is 4.56. The van der Waals surface area contributed by atoms with Crippen molar-refractivity contribution in [1.29, 1.82) is 0 Å². The van der Waals surface area contributed by atoms with Crippen molar-refractivity contribution in [3.05, 3.63) is 0 Å². The minimum atomic E-state index is -3.28. The molecule has 0 aromatic rings. The van der Waals surface area contributed by atoms with E-state index in [1.807, 2.05) is 0 Å². The fourth-order valence-electron chi connectivity index (χ4n) is 1.74. The molecule has 8 heteroatoms. The third-order valence-corrected chi connectivity index (χ3v) is 4.56. The summed E-state index contributed by atoms with van der Waals surface area (Å²) in [6, 6.07) is 0. The number of ether oxygens (including phenoxy) is 2. The molecule has 0 saturated carbocycles. The quantitative estimate of drug-likeness (QED) is 0.604. The van der Waals surface area contributed by atoms with Gasteiger partial charge in [-0.2, -0.15) is 4.31 Å². The van der Waals surface area contributed by atoms with Crippen LogP contribution in [-0.4, -0.2) is 68.6 Å². The zero-order valence-electron chi connectivity index (χ0n) is 10.6. The van der Waals surface area contributed by atoms with Gasteiger partial charge in [0.2, 0.25) is 10.0 Å². The van der Waals surface area contributed by atoms with Gasteiger partial charge in [-0.1, -0.05) is 0 Å². The lowest BCUT2D eigenvalue weighted by atomic mass is 10.0. The molecule has 0 spiro atoms. The molecule has 0 aromatic carbocycles. The third kappa shape index (κ3) is 4.20. The Morgan fingerprint density at radius 1 is 1.44 bits per heavy atom. The molecule has 0 aliphatic carbocycles. The number of carboxylic acids is 1. The molecule has 1 heterocycles. The van der Waals surface area contributed by atoms with E-state index in [1.54, 1.807) is 6.92 Å². The van der Waals surface area contributed by atoms with Crippen LogP contribution in [0.4, 0.5) is 0 Å². The molecule has 1 N–H and O–H groups in total. The van der Waals surface area contributed by atoms with Gasteiger partial charge in [-0.15, -0.1) is 0 Å². The summed E-state index contributed by atoms with van der Waals surface area (Å²) >= 11 is 0. The van der Waals surface area contributed by atoms with Gasteiger partial charge in [0.05, 0.1) is 11.4 Å². The topological polar surface area (TPSA) is 93.1 Å². The lowest BCUT2D eigenvalue weighted by Crippen LogP contribution is -2.63. The number of sulfonamides is 1. The highest BCUT2D eigenvalue weighted by Crippen LogP contribution is 2.27. The van der Waals surface area contributed by atoms with Crippen molar-refractivity contribution in [2.75, 3.05) is 39.2 Å². The van der Waals surface area contributed by atoms with Crippen LogP contribution in [0, 0.1) is 0 Å². The van der Waals surface area contributed by atoms with Crippen LogP contribution in [0.3, 0.4) is 0 Å². The summed E-state index contributed by atoms with van der Waals surface area (Å²) in [5.41, 5.74) is -0.688. The van der Waals surface area contributed by atoms with Crippen LogP contribution in [0.25, 0.3) is 0 Å². The molecule has 1 saturated heterocycles. The second-order valence-corrected chi connectivity index (χ2v) is 6.65. The first-order valence-corrected chi connectivity index (χ1v) is 7.22. The Hall–Kier alpha value is -0.700. The molecule has 0 unspecified atom stereocenters. The number of hydrogen-bond donors (Lipinski definition) is 1. The molecule has 18 heavy (non-hydrogen) atoms. The predicted molar refractivity (Wildman–Crippen MR) is 63.8 cm³/mol. The van der Waals surface area contributed by atoms with Crippen LogP contribution in [-0.2, 0) is 24.3 Å². The zero-order chi connectivity index (χ0) is 13.8. The number of rotatable bonds is 8. The maximum atomic E-state index is 11.8. The van der Waals surface area contributed by atoms with Crippen LogP contribution >= 0.6 is 0 Å². The van der Waals surface area contributed by atoms with Gasteiger partial charge in [-0.3, -0.25) is 0 Å². The minimum Gasteiger partial charge on any atom is -0.480 e. The summed E-state index contributed by atoms with van der Waals surface area (Å²) in [6.07, 6.45) is 0.446. The van der Waals surface area contributed by atoms with Crippen molar-refractivity contribution >= 4 is 16.0 Å². The molecule has 0 bridgehead atoms. The smallest absolute Gasteiger partial charge is 0.329 e. The van der Waals surface area contributed by atoms with Crippen molar-refractivity contribution in [3.8, 4) is 0 Å². The number of carboxylic acid groups (broad SMARTS) is 1. The van der Waals surface area contributed by atoms with Crippen molar-refractivity contribution in [2.45, 2.75) is 18.9 Å². The molecule has 1 fully saturated rings. The predicted octanol–water partition coefficient (Wildman–Crippen LogP) is -0.472. The van der Waals surface area contributed by atoms with Crippen molar-refractivity contribution in [2.24, 2.45) is 0 Å². The number of carbonyl (C=O) groups is 1. The molecule has 1 aliphatic heterocycles. The Morgan fingerprint density at radius 3 is 2.56 bits per heavy atom. The third-order valence-electron chi connectivity index (χ3n) is 2.71. The van der Waals surface area contributed by atoms with E-state index in [4.69, 9.17) is 14.6 Å². The second kappa shape index (κ2) is 5.96. The van der Waals surface area contributed by atoms with Gasteiger partial charge in [0.1, 0.15) is 6.61 Å². The summed E-state index contributed by atoms with van der Waals surface area (Å²) in [6.45, 7) is 2.11. The van der Waals surface area contributed by atoms with Crippen LogP contribution in [0.15, 0.2) is 0 Å². The monoisotopic (exact) mass is 281 g/mol. The molecule has 1 aliphatic rings. The Labute approximate surface area is 107 Å². The van der Waals surface area contributed by atoms with E-state index in [9.17, 15) is 13.2 Å². The lowest BCUT2D eigenvalue weighted by molar-refractivity contribution is -0.157. The molecule has 1 rings (SSSR count). The molecule has 0 atom stereocenters. The molecular formula is C10H19NO6S. The van der Waals surface area contributed by atoms with E-state index in [0.29, 0.717) is 13.0 Å².